The van der Waals surface area contributed by atoms with E-state index in [1.165, 1.54) is 11.3 Å². The molecule has 22 heavy (non-hydrogen) atoms. The number of carbonyl (C=O) groups excluding carboxylic acids is 1. The number of aliphatic hydroxyl groups is 1. The van der Waals surface area contributed by atoms with Crippen molar-refractivity contribution in [2.75, 3.05) is 6.61 Å². The second-order valence-corrected chi connectivity index (χ2v) is 5.56. The number of aromatic nitrogens is 2. The van der Waals surface area contributed by atoms with Crippen LogP contribution in [-0.4, -0.2) is 27.4 Å². The van der Waals surface area contributed by atoms with E-state index in [1.54, 1.807) is 0 Å². The number of halogens is 3. The summed E-state index contributed by atoms with van der Waals surface area (Å²) in [5.41, 5.74) is -1.19. The van der Waals surface area contributed by atoms with Crippen molar-refractivity contribution in [1.82, 2.24) is 15.1 Å². The fourth-order valence-corrected chi connectivity index (χ4v) is 2.53. The van der Waals surface area contributed by atoms with Gasteiger partial charge in [-0.15, -0.1) is 11.3 Å². The molecule has 0 aliphatic heterocycles. The Morgan fingerprint density at radius 2 is 2.23 bits per heavy atom. The van der Waals surface area contributed by atoms with Gasteiger partial charge >= 0.3 is 6.18 Å². The third kappa shape index (κ3) is 4.31. The largest absolute Gasteiger partial charge is 0.435 e. The third-order valence-electron chi connectivity index (χ3n) is 2.83. The molecule has 0 aliphatic rings. The number of amides is 1. The van der Waals surface area contributed by atoms with Crippen LogP contribution in [0.2, 0.25) is 0 Å². The summed E-state index contributed by atoms with van der Waals surface area (Å²) in [7, 11) is 0. The lowest BCUT2D eigenvalue weighted by Crippen LogP contribution is -2.27. The van der Waals surface area contributed by atoms with Crippen LogP contribution in [0.5, 0.6) is 0 Å². The summed E-state index contributed by atoms with van der Waals surface area (Å²) in [6, 6.07) is 3.69. The van der Waals surface area contributed by atoms with Gasteiger partial charge in [0.05, 0.1) is 6.54 Å². The van der Waals surface area contributed by atoms with Crippen molar-refractivity contribution in [2.45, 2.75) is 25.7 Å². The molecule has 9 heteroatoms. The fourth-order valence-electron chi connectivity index (χ4n) is 1.89. The molecule has 0 unspecified atom stereocenters. The quantitative estimate of drug-likeness (QED) is 0.847. The molecule has 1 amide bonds. The van der Waals surface area contributed by atoms with E-state index in [1.807, 2.05) is 17.5 Å². The molecule has 0 radical (unpaired) electrons. The maximum Gasteiger partial charge on any atom is 0.435 e. The van der Waals surface area contributed by atoms with Crippen LogP contribution < -0.4 is 5.32 Å². The summed E-state index contributed by atoms with van der Waals surface area (Å²) in [4.78, 5) is 12.7. The van der Waals surface area contributed by atoms with Crippen molar-refractivity contribution >= 4 is 17.2 Å². The Hall–Kier alpha value is -1.87. The Kier molecular flexibility index (Phi) is 5.19. The monoisotopic (exact) mass is 333 g/mol. The zero-order valence-corrected chi connectivity index (χ0v) is 12.2. The Labute approximate surface area is 128 Å². The van der Waals surface area contributed by atoms with E-state index >= 15 is 0 Å². The highest BCUT2D eigenvalue weighted by Gasteiger charge is 2.36. The van der Waals surface area contributed by atoms with Gasteiger partial charge in [0.2, 0.25) is 5.91 Å². The van der Waals surface area contributed by atoms with E-state index in [4.69, 9.17) is 5.11 Å². The Balaban J connectivity index is 2.01. The molecule has 2 aromatic heterocycles. The lowest BCUT2D eigenvalue weighted by Gasteiger charge is -2.05. The normalized spacial score (nSPS) is 11.6. The average molecular weight is 333 g/mol. The SMILES string of the molecule is O=C(Cn1cc(CCO)c(C(F)(F)F)n1)NCc1cccs1. The molecule has 2 rings (SSSR count). The molecular weight excluding hydrogens is 319 g/mol. The van der Waals surface area contributed by atoms with Gasteiger partial charge in [-0.3, -0.25) is 9.48 Å². The number of alkyl halides is 3. The number of thiophene rings is 1. The Bertz CT molecular complexity index is 623. The smallest absolute Gasteiger partial charge is 0.396 e. The number of aliphatic hydroxyl groups excluding tert-OH is 1. The average Bonchev–Trinajstić information content (AvgIpc) is 3.05. The van der Waals surface area contributed by atoms with Crippen LogP contribution in [0.15, 0.2) is 23.7 Å². The molecule has 2 aromatic rings. The first kappa shape index (κ1) is 16.5. The van der Waals surface area contributed by atoms with Crippen LogP contribution in [0.4, 0.5) is 13.2 Å². The highest BCUT2D eigenvalue weighted by Crippen LogP contribution is 2.30. The molecule has 0 fully saturated rings. The molecule has 120 valence electrons. The summed E-state index contributed by atoms with van der Waals surface area (Å²) < 4.78 is 39.3. The van der Waals surface area contributed by atoms with Crippen LogP contribution in [-0.2, 0) is 30.5 Å². The molecule has 0 aromatic carbocycles. The first-order valence-corrected chi connectivity index (χ1v) is 7.31. The standard InChI is InChI=1S/C13H14F3N3O2S/c14-13(15,16)12-9(3-4-20)7-19(18-12)8-11(21)17-6-10-2-1-5-22-10/h1-2,5,7,20H,3-4,6,8H2,(H,17,21). The van der Waals surface area contributed by atoms with Gasteiger partial charge in [-0.05, 0) is 17.9 Å². The molecule has 0 saturated heterocycles. The molecule has 5 nitrogen and oxygen atoms in total. The van der Waals surface area contributed by atoms with Crippen LogP contribution in [0, 0.1) is 0 Å². The van der Waals surface area contributed by atoms with Gasteiger partial charge in [0.25, 0.3) is 0 Å². The second-order valence-electron chi connectivity index (χ2n) is 4.53. The minimum absolute atomic E-state index is 0.124. The maximum absolute atomic E-state index is 12.8. The predicted octanol–water partition coefficient (Wildman–Crippen LogP) is 1.81. The van der Waals surface area contributed by atoms with E-state index in [0.29, 0.717) is 6.54 Å². The number of nitrogens with zero attached hydrogens (tertiary/aromatic N) is 2. The minimum Gasteiger partial charge on any atom is -0.396 e. The summed E-state index contributed by atoms with van der Waals surface area (Å²) in [6.45, 7) is -0.396. The van der Waals surface area contributed by atoms with E-state index in [2.05, 4.69) is 10.4 Å². The lowest BCUT2D eigenvalue weighted by atomic mass is 10.2. The van der Waals surface area contributed by atoms with Crippen LogP contribution >= 0.6 is 11.3 Å². The van der Waals surface area contributed by atoms with Crippen LogP contribution in [0.1, 0.15) is 16.1 Å². The number of nitrogens with one attached hydrogen (secondary N) is 1. The third-order valence-corrected chi connectivity index (χ3v) is 3.71. The molecule has 0 atom stereocenters. The molecular formula is C13H14F3N3O2S. The van der Waals surface area contributed by atoms with E-state index in [9.17, 15) is 18.0 Å². The molecule has 2 heterocycles. The number of hydrogen-bond donors (Lipinski definition) is 2. The van der Waals surface area contributed by atoms with Crippen molar-refractivity contribution in [1.29, 1.82) is 0 Å². The number of rotatable bonds is 6. The van der Waals surface area contributed by atoms with Crippen molar-refractivity contribution in [3.8, 4) is 0 Å². The highest BCUT2D eigenvalue weighted by atomic mass is 32.1. The van der Waals surface area contributed by atoms with Gasteiger partial charge in [-0.25, -0.2) is 0 Å². The number of hydrogen-bond acceptors (Lipinski definition) is 4. The van der Waals surface area contributed by atoms with Gasteiger partial charge in [0, 0.05) is 23.2 Å². The molecule has 0 bridgehead atoms. The van der Waals surface area contributed by atoms with Crippen LogP contribution in [0.3, 0.4) is 0 Å². The minimum atomic E-state index is -4.61. The molecule has 0 spiro atoms. The van der Waals surface area contributed by atoms with E-state index in [-0.39, 0.29) is 18.5 Å². The van der Waals surface area contributed by atoms with Gasteiger partial charge < -0.3 is 10.4 Å². The van der Waals surface area contributed by atoms with Gasteiger partial charge in [0.15, 0.2) is 5.69 Å². The lowest BCUT2D eigenvalue weighted by molar-refractivity contribution is -0.142. The van der Waals surface area contributed by atoms with E-state index in [0.717, 1.165) is 15.8 Å². The summed E-state index contributed by atoms with van der Waals surface area (Å²) >= 11 is 1.47. The zero-order chi connectivity index (χ0) is 16.2. The van der Waals surface area contributed by atoms with Gasteiger partial charge in [-0.2, -0.15) is 18.3 Å². The Morgan fingerprint density at radius 3 is 2.82 bits per heavy atom. The van der Waals surface area contributed by atoms with Crippen molar-refractivity contribution in [3.63, 3.8) is 0 Å². The summed E-state index contributed by atoms with van der Waals surface area (Å²) in [6.07, 6.45) is -3.63. The first-order chi connectivity index (χ1) is 10.4. The maximum atomic E-state index is 12.8. The van der Waals surface area contributed by atoms with Gasteiger partial charge in [-0.1, -0.05) is 6.07 Å². The van der Waals surface area contributed by atoms with Crippen molar-refractivity contribution in [3.05, 3.63) is 39.8 Å². The molecule has 2 N–H and O–H groups in total. The molecule has 0 aliphatic carbocycles. The van der Waals surface area contributed by atoms with Gasteiger partial charge in [0.1, 0.15) is 6.54 Å². The topological polar surface area (TPSA) is 67.2 Å². The summed E-state index contributed by atoms with van der Waals surface area (Å²) in [5, 5.41) is 16.7. The fraction of sp³-hybridized carbons (Fsp3) is 0.385. The molecule has 0 saturated carbocycles. The Morgan fingerprint density at radius 1 is 1.45 bits per heavy atom. The highest BCUT2D eigenvalue weighted by molar-refractivity contribution is 7.09. The van der Waals surface area contributed by atoms with Crippen molar-refractivity contribution < 1.29 is 23.1 Å². The first-order valence-electron chi connectivity index (χ1n) is 6.43. The predicted molar refractivity (Wildman–Crippen MR) is 74.2 cm³/mol. The van der Waals surface area contributed by atoms with Crippen molar-refractivity contribution in [2.24, 2.45) is 0 Å². The van der Waals surface area contributed by atoms with Crippen LogP contribution in [0.25, 0.3) is 0 Å². The summed E-state index contributed by atoms with van der Waals surface area (Å²) in [5.74, 6) is -0.430. The second kappa shape index (κ2) is 6.93. The number of carbonyl (C=O) groups is 1. The zero-order valence-electron chi connectivity index (χ0n) is 11.4. The van der Waals surface area contributed by atoms with E-state index < -0.39 is 24.4 Å².